The Bertz CT molecular complexity index is 912. The van der Waals surface area contributed by atoms with Gasteiger partial charge in [-0.05, 0) is 62.4 Å². The van der Waals surface area contributed by atoms with Gasteiger partial charge in [-0.25, -0.2) is 4.79 Å². The summed E-state index contributed by atoms with van der Waals surface area (Å²) in [6.45, 7) is 2.94. The molecule has 0 atom stereocenters. The molecule has 7 heteroatoms. The number of amides is 2. The van der Waals surface area contributed by atoms with Crippen molar-refractivity contribution in [1.82, 2.24) is 0 Å². The number of rotatable bonds is 6. The molecule has 0 spiro atoms. The topological polar surface area (TPSA) is 113 Å². The fourth-order valence-corrected chi connectivity index (χ4v) is 2.15. The predicted octanol–water partition coefficient (Wildman–Crippen LogP) is 3.11. The van der Waals surface area contributed by atoms with Crippen LogP contribution in [0.4, 0.5) is 11.4 Å². The lowest BCUT2D eigenvalue weighted by Crippen LogP contribution is -2.16. The first-order chi connectivity index (χ1) is 12.8. The van der Waals surface area contributed by atoms with Crippen LogP contribution in [0.1, 0.15) is 34.6 Å². The Morgan fingerprint density at radius 2 is 1.26 bits per heavy atom. The molecule has 0 radical (unpaired) electrons. The minimum absolute atomic E-state index is 0.0725. The number of aromatic carboxylic acids is 1. The van der Waals surface area contributed by atoms with Crippen molar-refractivity contribution in [3.05, 3.63) is 71.3 Å². The number of Topliss-reactive ketones (excluding diaryl/α,β-unsaturated/α-hetero) is 1. The Balaban J connectivity index is 1.98. The van der Waals surface area contributed by atoms with E-state index in [9.17, 15) is 19.2 Å². The summed E-state index contributed by atoms with van der Waals surface area (Å²) in [5, 5.41) is 14.0. The maximum atomic E-state index is 12.1. The molecule has 7 nitrogen and oxygen atoms in total. The zero-order chi connectivity index (χ0) is 20.0. The number of ketones is 1. The Morgan fingerprint density at radius 3 is 1.74 bits per heavy atom. The Morgan fingerprint density at radius 1 is 0.778 bits per heavy atom. The summed E-state index contributed by atoms with van der Waals surface area (Å²) in [5.74, 6) is -2.10. The molecular formula is C20H18N2O5. The minimum atomic E-state index is -1.06. The quantitative estimate of drug-likeness (QED) is 0.537. The second-order valence-electron chi connectivity index (χ2n) is 5.79. The molecule has 2 amide bonds. The van der Waals surface area contributed by atoms with Gasteiger partial charge in [0.1, 0.15) is 0 Å². The first-order valence-electron chi connectivity index (χ1n) is 8.01. The van der Waals surface area contributed by atoms with E-state index in [1.54, 1.807) is 24.3 Å². The molecule has 0 aliphatic carbocycles. The van der Waals surface area contributed by atoms with E-state index in [-0.39, 0.29) is 16.9 Å². The van der Waals surface area contributed by atoms with Crippen molar-refractivity contribution >= 4 is 34.9 Å². The first-order valence-corrected chi connectivity index (χ1v) is 8.01. The molecule has 0 aromatic heterocycles. The molecule has 3 N–H and O–H groups in total. The largest absolute Gasteiger partial charge is 0.478 e. The van der Waals surface area contributed by atoms with Crippen molar-refractivity contribution in [3.63, 3.8) is 0 Å². The molecule has 0 saturated carbocycles. The zero-order valence-corrected chi connectivity index (χ0v) is 14.8. The Kier molecular flexibility index (Phi) is 6.22. The summed E-state index contributed by atoms with van der Waals surface area (Å²) in [5.41, 5.74) is 1.73. The molecule has 2 rings (SSSR count). The number of carbonyl (C=O) groups excluding carboxylic acids is 3. The van der Waals surface area contributed by atoms with Crippen LogP contribution in [0.25, 0.3) is 0 Å². The number of carbonyl (C=O) groups is 4. The summed E-state index contributed by atoms with van der Waals surface area (Å²) >= 11 is 0. The number of benzene rings is 2. The van der Waals surface area contributed by atoms with Gasteiger partial charge >= 0.3 is 5.97 Å². The summed E-state index contributed by atoms with van der Waals surface area (Å²) < 4.78 is 0. The third-order valence-electron chi connectivity index (χ3n) is 3.65. The van der Waals surface area contributed by atoms with E-state index >= 15 is 0 Å². The second-order valence-corrected chi connectivity index (χ2v) is 5.79. The number of hydrogen-bond donors (Lipinski definition) is 3. The van der Waals surface area contributed by atoms with Crippen molar-refractivity contribution in [2.45, 2.75) is 13.8 Å². The highest BCUT2D eigenvalue weighted by molar-refractivity contribution is 6.10. The molecule has 2 aromatic rings. The predicted molar refractivity (Wildman–Crippen MR) is 101 cm³/mol. The van der Waals surface area contributed by atoms with Crippen LogP contribution in [0.2, 0.25) is 0 Å². The Labute approximate surface area is 155 Å². The SMILES string of the molecule is CC(=O)c1ccc(NC(=O)/C=C(\C)C(=O)Nc2ccc(C(=O)O)cc2)cc1. The lowest BCUT2D eigenvalue weighted by Gasteiger charge is -2.07. The molecule has 0 saturated heterocycles. The van der Waals surface area contributed by atoms with Gasteiger partial charge in [0.25, 0.3) is 5.91 Å². The van der Waals surface area contributed by atoms with Crippen LogP contribution in [0.5, 0.6) is 0 Å². The molecule has 2 aromatic carbocycles. The first kappa shape index (κ1) is 19.6. The number of hydrogen-bond acceptors (Lipinski definition) is 4. The van der Waals surface area contributed by atoms with E-state index in [2.05, 4.69) is 10.6 Å². The normalized spacial score (nSPS) is 10.8. The van der Waals surface area contributed by atoms with E-state index in [4.69, 9.17) is 5.11 Å². The molecule has 138 valence electrons. The van der Waals surface area contributed by atoms with Gasteiger partial charge in [0.2, 0.25) is 5.91 Å². The fraction of sp³-hybridized carbons (Fsp3) is 0.100. The van der Waals surface area contributed by atoms with Gasteiger partial charge in [0, 0.05) is 28.6 Å². The standard InChI is InChI=1S/C20H18N2O5/c1-12(19(25)22-17-9-5-15(6-10-17)20(26)27)11-18(24)21-16-7-3-14(4-8-16)13(2)23/h3-11H,1-2H3,(H,21,24)(H,22,25)(H,26,27)/b12-11+. The summed E-state index contributed by atoms with van der Waals surface area (Å²) in [7, 11) is 0. The highest BCUT2D eigenvalue weighted by Crippen LogP contribution is 2.12. The number of nitrogens with one attached hydrogen (secondary N) is 2. The van der Waals surface area contributed by atoms with Crippen LogP contribution in [0, 0.1) is 0 Å². The van der Waals surface area contributed by atoms with Crippen molar-refractivity contribution in [1.29, 1.82) is 0 Å². The van der Waals surface area contributed by atoms with Gasteiger partial charge in [-0.2, -0.15) is 0 Å². The monoisotopic (exact) mass is 366 g/mol. The summed E-state index contributed by atoms with van der Waals surface area (Å²) in [6.07, 6.45) is 1.15. The molecule has 0 fully saturated rings. The Hall–Kier alpha value is -3.74. The molecule has 27 heavy (non-hydrogen) atoms. The average molecular weight is 366 g/mol. The van der Waals surface area contributed by atoms with Gasteiger partial charge in [-0.3, -0.25) is 14.4 Å². The van der Waals surface area contributed by atoms with Crippen molar-refractivity contribution < 1.29 is 24.3 Å². The number of anilines is 2. The highest BCUT2D eigenvalue weighted by atomic mass is 16.4. The molecule has 0 aliphatic heterocycles. The lowest BCUT2D eigenvalue weighted by atomic mass is 10.1. The van der Waals surface area contributed by atoms with Crippen molar-refractivity contribution in [2.75, 3.05) is 10.6 Å². The van der Waals surface area contributed by atoms with Crippen LogP contribution >= 0.6 is 0 Å². The maximum Gasteiger partial charge on any atom is 0.335 e. The van der Waals surface area contributed by atoms with Gasteiger partial charge in [0.15, 0.2) is 5.78 Å². The fourth-order valence-electron chi connectivity index (χ4n) is 2.15. The lowest BCUT2D eigenvalue weighted by molar-refractivity contribution is -0.114. The molecule has 0 unspecified atom stereocenters. The van der Waals surface area contributed by atoms with E-state index in [0.717, 1.165) is 6.08 Å². The zero-order valence-electron chi connectivity index (χ0n) is 14.8. The van der Waals surface area contributed by atoms with Crippen LogP contribution < -0.4 is 10.6 Å². The van der Waals surface area contributed by atoms with Gasteiger partial charge < -0.3 is 15.7 Å². The van der Waals surface area contributed by atoms with Crippen molar-refractivity contribution in [3.8, 4) is 0 Å². The van der Waals surface area contributed by atoms with Crippen LogP contribution in [-0.4, -0.2) is 28.7 Å². The van der Waals surface area contributed by atoms with E-state index in [1.165, 1.54) is 38.1 Å². The van der Waals surface area contributed by atoms with Crippen LogP contribution in [0.15, 0.2) is 60.2 Å². The second kappa shape index (κ2) is 8.57. The molecule has 0 bridgehead atoms. The molecule has 0 heterocycles. The van der Waals surface area contributed by atoms with E-state index < -0.39 is 17.8 Å². The summed E-state index contributed by atoms with van der Waals surface area (Å²) in [6, 6.07) is 12.1. The molecular weight excluding hydrogens is 348 g/mol. The molecule has 0 aliphatic rings. The van der Waals surface area contributed by atoms with Gasteiger partial charge in [-0.1, -0.05) is 0 Å². The van der Waals surface area contributed by atoms with Crippen LogP contribution in [-0.2, 0) is 9.59 Å². The maximum absolute atomic E-state index is 12.1. The minimum Gasteiger partial charge on any atom is -0.478 e. The highest BCUT2D eigenvalue weighted by Gasteiger charge is 2.09. The summed E-state index contributed by atoms with van der Waals surface area (Å²) in [4.78, 5) is 46.2. The smallest absolute Gasteiger partial charge is 0.335 e. The van der Waals surface area contributed by atoms with Crippen molar-refractivity contribution in [2.24, 2.45) is 0 Å². The third-order valence-corrected chi connectivity index (χ3v) is 3.65. The average Bonchev–Trinajstić information content (AvgIpc) is 2.62. The van der Waals surface area contributed by atoms with Gasteiger partial charge in [-0.15, -0.1) is 0 Å². The number of carboxylic acid groups (broad SMARTS) is 1. The van der Waals surface area contributed by atoms with E-state index in [1.807, 2.05) is 0 Å². The third kappa shape index (κ3) is 5.64. The van der Waals surface area contributed by atoms with Crippen LogP contribution in [0.3, 0.4) is 0 Å². The van der Waals surface area contributed by atoms with E-state index in [0.29, 0.717) is 16.9 Å². The number of carboxylic acids is 1. The van der Waals surface area contributed by atoms with Gasteiger partial charge in [0.05, 0.1) is 5.56 Å².